The first kappa shape index (κ1) is 21.4. The molecule has 1 fully saturated rings. The Bertz CT molecular complexity index is 908. The van der Waals surface area contributed by atoms with E-state index in [-0.39, 0.29) is 28.8 Å². The molecular weight excluding hydrogens is 396 g/mol. The molecular formula is C16H23ClN4O5S. The Kier molecular flexibility index (Phi) is 6.68. The number of aromatic nitrogens is 2. The summed E-state index contributed by atoms with van der Waals surface area (Å²) < 4.78 is 40.0. The number of aryl methyl sites for hydroxylation is 2. The predicted octanol–water partition coefficient (Wildman–Crippen LogP) is 1.12. The van der Waals surface area contributed by atoms with Gasteiger partial charge in [-0.2, -0.15) is 4.31 Å². The zero-order valence-electron chi connectivity index (χ0n) is 15.3. The van der Waals surface area contributed by atoms with E-state index in [2.05, 4.69) is 15.0 Å². The highest BCUT2D eigenvalue weighted by Gasteiger charge is 2.39. The van der Waals surface area contributed by atoms with Gasteiger partial charge in [0.05, 0.1) is 13.2 Å². The Hall–Kier alpha value is -1.88. The molecule has 1 N–H and O–H groups in total. The number of esters is 1. The number of halogens is 1. The van der Waals surface area contributed by atoms with Gasteiger partial charge in [0.25, 0.3) is 0 Å². The summed E-state index contributed by atoms with van der Waals surface area (Å²) in [7, 11) is -0.833. The molecule has 3 heterocycles. The maximum absolute atomic E-state index is 13.4. The van der Waals surface area contributed by atoms with E-state index in [9.17, 15) is 13.2 Å². The first-order valence-electron chi connectivity index (χ1n) is 8.31. The molecule has 0 saturated carbocycles. The van der Waals surface area contributed by atoms with Crippen LogP contribution in [-0.4, -0.2) is 55.0 Å². The highest BCUT2D eigenvalue weighted by molar-refractivity contribution is 7.89. The number of hydrogen-bond donors (Lipinski definition) is 1. The largest absolute Gasteiger partial charge is 0.463 e. The second-order valence-electron chi connectivity index (χ2n) is 5.98. The number of nitrogens with zero attached hydrogens (tertiary/aromatic N) is 3. The fourth-order valence-corrected chi connectivity index (χ4v) is 4.91. The Morgan fingerprint density at radius 3 is 2.81 bits per heavy atom. The average molecular weight is 419 g/mol. The summed E-state index contributed by atoms with van der Waals surface area (Å²) in [6, 6.07) is 0.798. The average Bonchev–Trinajstić information content (AvgIpc) is 3.27. The van der Waals surface area contributed by atoms with Crippen molar-refractivity contribution in [3.8, 4) is 0 Å². The highest BCUT2D eigenvalue weighted by Crippen LogP contribution is 2.31. The molecule has 1 atom stereocenters. The molecule has 1 unspecified atom stereocenters. The lowest BCUT2D eigenvalue weighted by Gasteiger charge is -2.34. The van der Waals surface area contributed by atoms with Crippen LogP contribution < -0.4 is 5.32 Å². The Balaban J connectivity index is 0.00000261. The third-order valence-electron chi connectivity index (χ3n) is 4.42. The maximum Gasteiger partial charge on any atom is 0.373 e. The monoisotopic (exact) mass is 418 g/mol. The number of furan rings is 1. The molecule has 11 heteroatoms. The minimum absolute atomic E-state index is 0. The van der Waals surface area contributed by atoms with Crippen LogP contribution in [0.25, 0.3) is 0 Å². The molecule has 0 amide bonds. The molecule has 0 radical (unpaired) electrons. The number of hydrogen-bond acceptors (Lipinski definition) is 7. The van der Waals surface area contributed by atoms with E-state index in [1.807, 2.05) is 7.05 Å². The van der Waals surface area contributed by atoms with E-state index in [4.69, 9.17) is 4.42 Å². The molecule has 27 heavy (non-hydrogen) atoms. The van der Waals surface area contributed by atoms with Crippen molar-refractivity contribution < 1.29 is 22.4 Å². The molecule has 9 nitrogen and oxygen atoms in total. The fraction of sp³-hybridized carbons (Fsp3) is 0.500. The topological polar surface area (TPSA) is 107 Å². The van der Waals surface area contributed by atoms with Crippen molar-refractivity contribution in [2.24, 2.45) is 7.05 Å². The van der Waals surface area contributed by atoms with Gasteiger partial charge in [0.1, 0.15) is 16.5 Å². The first-order valence-corrected chi connectivity index (χ1v) is 9.75. The number of nitrogens with one attached hydrogen (secondary N) is 1. The van der Waals surface area contributed by atoms with Crippen LogP contribution in [0.2, 0.25) is 0 Å². The number of sulfonamides is 1. The number of methoxy groups -OCH3 is 1. The molecule has 2 aromatic rings. The Morgan fingerprint density at radius 2 is 2.22 bits per heavy atom. The number of rotatable bonds is 5. The van der Waals surface area contributed by atoms with Gasteiger partial charge in [-0.15, -0.1) is 12.4 Å². The van der Waals surface area contributed by atoms with Crippen molar-refractivity contribution in [1.29, 1.82) is 0 Å². The molecule has 0 bridgehead atoms. The molecule has 0 aliphatic carbocycles. The number of piperazine rings is 1. The Labute approximate surface area is 164 Å². The second kappa shape index (κ2) is 8.42. The van der Waals surface area contributed by atoms with Crippen molar-refractivity contribution in [1.82, 2.24) is 19.2 Å². The smallest absolute Gasteiger partial charge is 0.373 e. The van der Waals surface area contributed by atoms with Crippen LogP contribution in [0.5, 0.6) is 0 Å². The third kappa shape index (κ3) is 3.88. The minimum atomic E-state index is -3.88. The minimum Gasteiger partial charge on any atom is -0.463 e. The van der Waals surface area contributed by atoms with Crippen LogP contribution in [0.15, 0.2) is 27.8 Å². The zero-order valence-corrected chi connectivity index (χ0v) is 17.0. The Morgan fingerprint density at radius 1 is 1.48 bits per heavy atom. The summed E-state index contributed by atoms with van der Waals surface area (Å²) in [5, 5.41) is 3.21. The van der Waals surface area contributed by atoms with Crippen molar-refractivity contribution in [2.75, 3.05) is 26.7 Å². The standard InChI is InChI=1S/C16H22N4O5S.ClH/c1-4-12-14(9-13(25-12)16(21)24-3)26(22,23)20-8-5-17-10-11(20)15-18-6-7-19(15)2;/h6-7,9,11,17H,4-5,8,10H2,1-3H3;1H. The van der Waals surface area contributed by atoms with Gasteiger partial charge in [0, 0.05) is 51.6 Å². The van der Waals surface area contributed by atoms with Crippen molar-refractivity contribution >= 4 is 28.4 Å². The molecule has 0 spiro atoms. The number of carbonyl (C=O) groups excluding carboxylic acids is 1. The molecule has 1 aliphatic rings. The van der Waals surface area contributed by atoms with E-state index in [1.54, 1.807) is 23.9 Å². The summed E-state index contributed by atoms with van der Waals surface area (Å²) in [6.45, 7) is 3.05. The van der Waals surface area contributed by atoms with Crippen LogP contribution in [0, 0.1) is 0 Å². The quantitative estimate of drug-likeness (QED) is 0.725. The summed E-state index contributed by atoms with van der Waals surface area (Å²) in [5.74, 6) is 0.0618. The van der Waals surface area contributed by atoms with Gasteiger partial charge < -0.3 is 19.0 Å². The second-order valence-corrected chi connectivity index (χ2v) is 7.83. The van der Waals surface area contributed by atoms with Gasteiger partial charge >= 0.3 is 5.97 Å². The van der Waals surface area contributed by atoms with E-state index >= 15 is 0 Å². The first-order chi connectivity index (χ1) is 12.4. The predicted molar refractivity (Wildman–Crippen MR) is 99.4 cm³/mol. The number of carbonyl (C=O) groups is 1. The van der Waals surface area contributed by atoms with Gasteiger partial charge in [-0.25, -0.2) is 18.2 Å². The molecule has 0 aromatic carbocycles. The lowest BCUT2D eigenvalue weighted by molar-refractivity contribution is 0.0563. The number of ether oxygens (including phenoxy) is 1. The summed E-state index contributed by atoms with van der Waals surface area (Å²) in [5.41, 5.74) is 0. The van der Waals surface area contributed by atoms with Crippen LogP contribution in [0.3, 0.4) is 0 Å². The molecule has 1 aliphatic heterocycles. The lowest BCUT2D eigenvalue weighted by atomic mass is 10.2. The van der Waals surface area contributed by atoms with Crippen LogP contribution in [0.4, 0.5) is 0 Å². The van der Waals surface area contributed by atoms with Gasteiger partial charge in [-0.1, -0.05) is 6.92 Å². The van der Waals surface area contributed by atoms with Gasteiger partial charge in [0.15, 0.2) is 0 Å². The maximum atomic E-state index is 13.4. The van der Waals surface area contributed by atoms with Crippen molar-refractivity contribution in [3.63, 3.8) is 0 Å². The molecule has 1 saturated heterocycles. The van der Waals surface area contributed by atoms with Crippen LogP contribution in [0.1, 0.15) is 35.1 Å². The highest BCUT2D eigenvalue weighted by atomic mass is 35.5. The van der Waals surface area contributed by atoms with Crippen molar-refractivity contribution in [3.05, 3.63) is 35.8 Å². The van der Waals surface area contributed by atoms with Gasteiger partial charge in [-0.3, -0.25) is 0 Å². The van der Waals surface area contributed by atoms with Crippen molar-refractivity contribution in [2.45, 2.75) is 24.3 Å². The van der Waals surface area contributed by atoms with Gasteiger partial charge in [-0.05, 0) is 0 Å². The summed E-state index contributed by atoms with van der Waals surface area (Å²) in [4.78, 5) is 16.1. The summed E-state index contributed by atoms with van der Waals surface area (Å²) >= 11 is 0. The van der Waals surface area contributed by atoms with E-state index in [0.717, 1.165) is 0 Å². The zero-order chi connectivity index (χ0) is 18.9. The van der Waals surface area contributed by atoms with Crippen LogP contribution >= 0.6 is 12.4 Å². The third-order valence-corrected chi connectivity index (χ3v) is 6.37. The molecule has 150 valence electrons. The van der Waals surface area contributed by atoms with E-state index < -0.39 is 22.0 Å². The summed E-state index contributed by atoms with van der Waals surface area (Å²) in [6.07, 6.45) is 3.75. The van der Waals surface area contributed by atoms with E-state index in [0.29, 0.717) is 31.9 Å². The number of imidazole rings is 1. The normalized spacial score (nSPS) is 18.1. The van der Waals surface area contributed by atoms with Gasteiger partial charge in [0.2, 0.25) is 15.8 Å². The fourth-order valence-electron chi connectivity index (χ4n) is 3.10. The van der Waals surface area contributed by atoms with E-state index in [1.165, 1.54) is 17.5 Å². The lowest BCUT2D eigenvalue weighted by Crippen LogP contribution is -2.49. The van der Waals surface area contributed by atoms with Crippen LogP contribution in [-0.2, 0) is 28.2 Å². The molecule has 3 rings (SSSR count). The molecule has 2 aromatic heterocycles. The SMILES string of the molecule is CCc1oc(C(=O)OC)cc1S(=O)(=O)N1CCNCC1c1nccn1C.Cl.